The fourth-order valence-corrected chi connectivity index (χ4v) is 6.57. The number of nitrogens with one attached hydrogen (secondary N) is 1. The van der Waals surface area contributed by atoms with Gasteiger partial charge in [0.05, 0.1) is 11.9 Å². The maximum absolute atomic E-state index is 14.2. The number of sulfonamides is 1. The summed E-state index contributed by atoms with van der Waals surface area (Å²) in [6, 6.07) is 20.8. The van der Waals surface area contributed by atoms with Crippen molar-refractivity contribution in [2.24, 2.45) is 0 Å². The van der Waals surface area contributed by atoms with E-state index >= 15 is 0 Å². The highest BCUT2D eigenvalue weighted by Crippen LogP contribution is 2.28. The number of hydrogen-bond acceptors (Lipinski definition) is 4. The predicted octanol–water partition coefficient (Wildman–Crippen LogP) is 5.77. The van der Waals surface area contributed by atoms with Crippen molar-refractivity contribution in [1.29, 1.82) is 0 Å². The standard InChI is InChI=1S/C31H35Cl2N3O4S/c1-22-9-8-12-24(15-22)20-35(30(37)21-36(41(2,39)40)28-18-25(32)17-26(33)19-28)29(16-23-10-4-3-5-11-23)31(38)34-27-13-6-7-14-27/h3-5,8-12,15,17-19,27,29H,6-7,13-14,16,20-21H2,1-2H3,(H,34,38). The Balaban J connectivity index is 1.74. The molecule has 0 aromatic heterocycles. The fraction of sp³-hybridized carbons (Fsp3) is 0.355. The number of amides is 2. The number of carbonyl (C=O) groups excluding carboxylic acids is 2. The molecule has 0 aliphatic heterocycles. The van der Waals surface area contributed by atoms with Gasteiger partial charge in [0.1, 0.15) is 12.6 Å². The van der Waals surface area contributed by atoms with Crippen LogP contribution in [-0.4, -0.2) is 50.0 Å². The van der Waals surface area contributed by atoms with E-state index in [1.54, 1.807) is 0 Å². The van der Waals surface area contributed by atoms with E-state index in [2.05, 4.69) is 5.32 Å². The van der Waals surface area contributed by atoms with Crippen LogP contribution >= 0.6 is 23.2 Å². The Morgan fingerprint density at radius 1 is 0.927 bits per heavy atom. The summed E-state index contributed by atoms with van der Waals surface area (Å²) in [5.74, 6) is -0.769. The van der Waals surface area contributed by atoms with Gasteiger partial charge in [0.15, 0.2) is 0 Å². The smallest absolute Gasteiger partial charge is 0.244 e. The summed E-state index contributed by atoms with van der Waals surface area (Å²) in [6.07, 6.45) is 5.19. The summed E-state index contributed by atoms with van der Waals surface area (Å²) in [5, 5.41) is 3.64. The molecule has 3 aromatic carbocycles. The second-order valence-corrected chi connectivity index (χ2v) is 13.4. The zero-order valence-corrected chi connectivity index (χ0v) is 25.6. The quantitative estimate of drug-likeness (QED) is 0.297. The van der Waals surface area contributed by atoms with Gasteiger partial charge in [-0.15, -0.1) is 0 Å². The average molecular weight is 617 g/mol. The number of aryl methyl sites for hydroxylation is 1. The molecule has 1 aliphatic rings. The molecule has 1 fully saturated rings. The van der Waals surface area contributed by atoms with Crippen LogP contribution in [0.4, 0.5) is 5.69 Å². The molecule has 2 amide bonds. The van der Waals surface area contributed by atoms with Crippen LogP contribution in [-0.2, 0) is 32.6 Å². The third kappa shape index (κ3) is 8.71. The van der Waals surface area contributed by atoms with E-state index in [1.165, 1.54) is 23.1 Å². The van der Waals surface area contributed by atoms with Gasteiger partial charge in [0.2, 0.25) is 21.8 Å². The molecule has 1 N–H and O–H groups in total. The monoisotopic (exact) mass is 615 g/mol. The molecule has 1 unspecified atom stereocenters. The Morgan fingerprint density at radius 3 is 2.17 bits per heavy atom. The molecular formula is C31H35Cl2N3O4S. The minimum absolute atomic E-state index is 0.0535. The molecule has 10 heteroatoms. The molecule has 0 saturated heterocycles. The molecule has 3 aromatic rings. The molecule has 7 nitrogen and oxygen atoms in total. The van der Waals surface area contributed by atoms with E-state index in [0.717, 1.165) is 52.9 Å². The summed E-state index contributed by atoms with van der Waals surface area (Å²) in [7, 11) is -3.92. The van der Waals surface area contributed by atoms with Crippen molar-refractivity contribution in [3.63, 3.8) is 0 Å². The summed E-state index contributed by atoms with van der Waals surface area (Å²) < 4.78 is 26.8. The average Bonchev–Trinajstić information content (AvgIpc) is 3.41. The van der Waals surface area contributed by atoms with Crippen molar-refractivity contribution in [2.45, 2.75) is 57.7 Å². The van der Waals surface area contributed by atoms with E-state index in [9.17, 15) is 18.0 Å². The fourth-order valence-electron chi connectivity index (χ4n) is 5.23. The van der Waals surface area contributed by atoms with Crippen LogP contribution in [0.5, 0.6) is 0 Å². The molecule has 0 bridgehead atoms. The van der Waals surface area contributed by atoms with Gasteiger partial charge in [-0.25, -0.2) is 8.42 Å². The first-order valence-corrected chi connectivity index (χ1v) is 16.2. The minimum atomic E-state index is -3.92. The third-order valence-electron chi connectivity index (χ3n) is 7.22. The van der Waals surface area contributed by atoms with E-state index in [4.69, 9.17) is 23.2 Å². The summed E-state index contributed by atoms with van der Waals surface area (Å²) in [4.78, 5) is 29.6. The van der Waals surface area contributed by atoms with Gasteiger partial charge in [-0.2, -0.15) is 0 Å². The van der Waals surface area contributed by atoms with Crippen molar-refractivity contribution in [3.8, 4) is 0 Å². The first kappa shape index (κ1) is 30.9. The zero-order chi connectivity index (χ0) is 29.6. The molecule has 1 saturated carbocycles. The van der Waals surface area contributed by atoms with Crippen LogP contribution in [0.1, 0.15) is 42.4 Å². The van der Waals surface area contributed by atoms with E-state index < -0.39 is 28.5 Å². The first-order chi connectivity index (χ1) is 19.5. The van der Waals surface area contributed by atoms with Gasteiger partial charge in [0, 0.05) is 29.1 Å². The van der Waals surface area contributed by atoms with Gasteiger partial charge in [0.25, 0.3) is 0 Å². The van der Waals surface area contributed by atoms with Crippen molar-refractivity contribution >= 4 is 50.7 Å². The highest BCUT2D eigenvalue weighted by molar-refractivity contribution is 7.92. The topological polar surface area (TPSA) is 86.8 Å². The lowest BCUT2D eigenvalue weighted by Crippen LogP contribution is -2.54. The highest BCUT2D eigenvalue weighted by atomic mass is 35.5. The van der Waals surface area contributed by atoms with Gasteiger partial charge < -0.3 is 10.2 Å². The lowest BCUT2D eigenvalue weighted by molar-refractivity contribution is -0.140. The van der Waals surface area contributed by atoms with Gasteiger partial charge in [-0.3, -0.25) is 13.9 Å². The number of nitrogens with zero attached hydrogens (tertiary/aromatic N) is 2. The van der Waals surface area contributed by atoms with Crippen LogP contribution in [0.15, 0.2) is 72.8 Å². The summed E-state index contributed by atoms with van der Waals surface area (Å²) in [5.41, 5.74) is 2.91. The number of hydrogen-bond donors (Lipinski definition) is 1. The summed E-state index contributed by atoms with van der Waals surface area (Å²) >= 11 is 12.3. The maximum Gasteiger partial charge on any atom is 0.244 e. The minimum Gasteiger partial charge on any atom is -0.352 e. The molecule has 218 valence electrons. The number of carbonyl (C=O) groups is 2. The largest absolute Gasteiger partial charge is 0.352 e. The predicted molar refractivity (Wildman–Crippen MR) is 165 cm³/mol. The molecule has 0 heterocycles. The molecule has 4 rings (SSSR count). The zero-order valence-electron chi connectivity index (χ0n) is 23.2. The van der Waals surface area contributed by atoms with Crippen molar-refractivity contribution in [1.82, 2.24) is 10.2 Å². The van der Waals surface area contributed by atoms with E-state index in [1.807, 2.05) is 61.5 Å². The van der Waals surface area contributed by atoms with Crippen molar-refractivity contribution in [2.75, 3.05) is 17.1 Å². The molecule has 41 heavy (non-hydrogen) atoms. The molecular weight excluding hydrogens is 581 g/mol. The van der Waals surface area contributed by atoms with Crippen LogP contribution < -0.4 is 9.62 Å². The lowest BCUT2D eigenvalue weighted by Gasteiger charge is -2.34. The van der Waals surface area contributed by atoms with Gasteiger partial charge in [-0.05, 0) is 49.1 Å². The first-order valence-electron chi connectivity index (χ1n) is 13.6. The lowest BCUT2D eigenvalue weighted by atomic mass is 10.0. The Morgan fingerprint density at radius 2 is 1.56 bits per heavy atom. The highest BCUT2D eigenvalue weighted by Gasteiger charge is 2.34. The molecule has 1 atom stereocenters. The molecule has 0 spiro atoms. The van der Waals surface area contributed by atoms with Crippen molar-refractivity contribution < 1.29 is 18.0 Å². The van der Waals surface area contributed by atoms with Crippen LogP contribution in [0.3, 0.4) is 0 Å². The van der Waals surface area contributed by atoms with E-state index in [0.29, 0.717) is 0 Å². The Kier molecular flexibility index (Phi) is 10.3. The Bertz CT molecular complexity index is 1460. The molecule has 0 radical (unpaired) electrons. The van der Waals surface area contributed by atoms with Gasteiger partial charge >= 0.3 is 0 Å². The van der Waals surface area contributed by atoms with Crippen molar-refractivity contribution in [3.05, 3.63) is 99.5 Å². The Labute approximate surface area is 252 Å². The van der Waals surface area contributed by atoms with Crippen LogP contribution in [0.2, 0.25) is 10.0 Å². The molecule has 1 aliphatic carbocycles. The number of halogens is 2. The number of rotatable bonds is 11. The maximum atomic E-state index is 14.2. The SMILES string of the molecule is Cc1cccc(CN(C(=O)CN(c2cc(Cl)cc(Cl)c2)S(C)(=O)=O)C(Cc2ccccc2)C(=O)NC2CCCC2)c1. The second kappa shape index (κ2) is 13.7. The summed E-state index contributed by atoms with van der Waals surface area (Å²) in [6.45, 7) is 1.56. The number of anilines is 1. The second-order valence-electron chi connectivity index (χ2n) is 10.6. The van der Waals surface area contributed by atoms with E-state index in [-0.39, 0.29) is 40.6 Å². The normalized spacial score (nSPS) is 14.4. The van der Waals surface area contributed by atoms with Crippen LogP contribution in [0, 0.1) is 6.92 Å². The van der Waals surface area contributed by atoms with Crippen LogP contribution in [0.25, 0.3) is 0 Å². The Hall–Kier alpha value is -3.07. The number of benzene rings is 3. The third-order valence-corrected chi connectivity index (χ3v) is 8.80. The van der Waals surface area contributed by atoms with Gasteiger partial charge in [-0.1, -0.05) is 96.2 Å².